The molecule has 0 aromatic heterocycles. The van der Waals surface area contributed by atoms with Crippen LogP contribution in [0.5, 0.6) is 0 Å². The molecule has 6 heteroatoms. The largest absolute Gasteiger partial charge is 0.444 e. The van der Waals surface area contributed by atoms with Gasteiger partial charge in [-0.05, 0) is 27.2 Å². The lowest BCUT2D eigenvalue weighted by Crippen LogP contribution is -2.58. The minimum Gasteiger partial charge on any atom is -0.444 e. The normalized spacial score (nSPS) is 19.9. The number of amides is 2. The van der Waals surface area contributed by atoms with Gasteiger partial charge in [0.25, 0.3) is 0 Å². The highest BCUT2D eigenvalue weighted by Crippen LogP contribution is 2.16. The number of hydrogen-bond acceptors (Lipinski definition) is 4. The molecule has 1 aliphatic heterocycles. The van der Waals surface area contributed by atoms with E-state index >= 15 is 0 Å². The summed E-state index contributed by atoms with van der Waals surface area (Å²) in [4.78, 5) is 27.2. The molecule has 116 valence electrons. The molecule has 1 fully saturated rings. The topological polar surface area (TPSA) is 70.1 Å². The quantitative estimate of drug-likeness (QED) is 0.847. The van der Waals surface area contributed by atoms with E-state index in [9.17, 15) is 14.7 Å². The highest BCUT2D eigenvalue weighted by Gasteiger charge is 2.33. The van der Waals surface area contributed by atoms with Gasteiger partial charge in [-0.15, -0.1) is 0 Å². The second-order valence-electron chi connectivity index (χ2n) is 6.10. The van der Waals surface area contributed by atoms with Crippen LogP contribution in [0.4, 0.5) is 4.79 Å². The van der Waals surface area contributed by atoms with E-state index in [-0.39, 0.29) is 18.6 Å². The Balaban J connectivity index is 2.63. The lowest BCUT2D eigenvalue weighted by molar-refractivity contribution is -0.137. The number of carbonyl (C=O) groups is 2. The van der Waals surface area contributed by atoms with E-state index in [0.717, 1.165) is 6.42 Å². The van der Waals surface area contributed by atoms with Crippen LogP contribution in [-0.2, 0) is 9.53 Å². The summed E-state index contributed by atoms with van der Waals surface area (Å²) in [5.41, 5.74) is -0.541. The van der Waals surface area contributed by atoms with Crippen molar-refractivity contribution in [1.82, 2.24) is 9.80 Å². The van der Waals surface area contributed by atoms with Gasteiger partial charge in [-0.3, -0.25) is 4.79 Å². The summed E-state index contributed by atoms with van der Waals surface area (Å²) in [6.45, 7) is 8.46. The van der Waals surface area contributed by atoms with Gasteiger partial charge in [-0.1, -0.05) is 6.92 Å². The van der Waals surface area contributed by atoms with Crippen molar-refractivity contribution in [3.05, 3.63) is 0 Å². The molecule has 0 radical (unpaired) electrons. The Hall–Kier alpha value is -1.30. The SMILES string of the molecule is CCCC(=O)N1CCN(C(=O)OC(C)(C)C)CC1CO. The molecule has 0 aliphatic carbocycles. The van der Waals surface area contributed by atoms with E-state index in [1.165, 1.54) is 0 Å². The van der Waals surface area contributed by atoms with Crippen LogP contribution in [0.15, 0.2) is 0 Å². The molecular weight excluding hydrogens is 260 g/mol. The molecule has 1 heterocycles. The van der Waals surface area contributed by atoms with Gasteiger partial charge in [0.05, 0.1) is 12.6 Å². The predicted molar refractivity (Wildman–Crippen MR) is 75.3 cm³/mol. The van der Waals surface area contributed by atoms with Gasteiger partial charge < -0.3 is 19.6 Å². The first-order valence-electron chi connectivity index (χ1n) is 7.16. The van der Waals surface area contributed by atoms with E-state index in [0.29, 0.717) is 26.1 Å². The molecule has 0 bridgehead atoms. The number of hydrogen-bond donors (Lipinski definition) is 1. The van der Waals surface area contributed by atoms with Gasteiger partial charge in [0.15, 0.2) is 0 Å². The van der Waals surface area contributed by atoms with Crippen molar-refractivity contribution in [3.63, 3.8) is 0 Å². The molecule has 0 spiro atoms. The second-order valence-corrected chi connectivity index (χ2v) is 6.10. The fourth-order valence-corrected chi connectivity index (χ4v) is 2.19. The monoisotopic (exact) mass is 286 g/mol. The van der Waals surface area contributed by atoms with Crippen molar-refractivity contribution in [2.24, 2.45) is 0 Å². The summed E-state index contributed by atoms with van der Waals surface area (Å²) < 4.78 is 5.32. The Morgan fingerprint density at radius 3 is 2.45 bits per heavy atom. The Morgan fingerprint density at radius 2 is 1.95 bits per heavy atom. The van der Waals surface area contributed by atoms with Crippen LogP contribution in [0.1, 0.15) is 40.5 Å². The number of piperazine rings is 1. The number of aliphatic hydroxyl groups is 1. The molecule has 1 atom stereocenters. The Kier molecular flexibility index (Phi) is 5.80. The summed E-state index contributed by atoms with van der Waals surface area (Å²) in [5, 5.41) is 9.44. The van der Waals surface area contributed by atoms with Gasteiger partial charge in [0.2, 0.25) is 5.91 Å². The van der Waals surface area contributed by atoms with Crippen LogP contribution in [0.3, 0.4) is 0 Å². The van der Waals surface area contributed by atoms with E-state index < -0.39 is 11.7 Å². The van der Waals surface area contributed by atoms with Crippen molar-refractivity contribution >= 4 is 12.0 Å². The predicted octanol–water partition coefficient (Wildman–Crippen LogP) is 1.23. The molecule has 1 N–H and O–H groups in total. The molecule has 20 heavy (non-hydrogen) atoms. The van der Waals surface area contributed by atoms with Gasteiger partial charge in [0, 0.05) is 26.1 Å². The smallest absolute Gasteiger partial charge is 0.410 e. The molecule has 1 aliphatic rings. The maximum atomic E-state index is 12.0. The lowest BCUT2D eigenvalue weighted by Gasteiger charge is -2.41. The van der Waals surface area contributed by atoms with Gasteiger partial charge >= 0.3 is 6.09 Å². The fourth-order valence-electron chi connectivity index (χ4n) is 2.19. The van der Waals surface area contributed by atoms with Crippen LogP contribution in [-0.4, -0.2) is 64.8 Å². The van der Waals surface area contributed by atoms with Crippen LogP contribution in [0.2, 0.25) is 0 Å². The van der Waals surface area contributed by atoms with Crippen molar-refractivity contribution in [2.75, 3.05) is 26.2 Å². The number of ether oxygens (including phenoxy) is 1. The maximum Gasteiger partial charge on any atom is 0.410 e. The second kappa shape index (κ2) is 6.92. The minimum absolute atomic E-state index is 0.0374. The Bertz CT molecular complexity index is 352. The molecule has 0 saturated carbocycles. The average molecular weight is 286 g/mol. The van der Waals surface area contributed by atoms with Crippen LogP contribution in [0.25, 0.3) is 0 Å². The zero-order chi connectivity index (χ0) is 15.3. The third-order valence-electron chi connectivity index (χ3n) is 3.13. The van der Waals surface area contributed by atoms with Crippen molar-refractivity contribution < 1.29 is 19.4 Å². The highest BCUT2D eigenvalue weighted by molar-refractivity contribution is 5.77. The summed E-state index contributed by atoms with van der Waals surface area (Å²) in [5.74, 6) is 0.0374. The summed E-state index contributed by atoms with van der Waals surface area (Å²) >= 11 is 0. The average Bonchev–Trinajstić information content (AvgIpc) is 2.36. The summed E-state index contributed by atoms with van der Waals surface area (Å²) in [7, 11) is 0. The van der Waals surface area contributed by atoms with Crippen molar-refractivity contribution in [2.45, 2.75) is 52.2 Å². The molecule has 1 saturated heterocycles. The lowest BCUT2D eigenvalue weighted by atomic mass is 10.1. The third-order valence-corrected chi connectivity index (χ3v) is 3.13. The Morgan fingerprint density at radius 1 is 1.30 bits per heavy atom. The molecule has 0 aromatic carbocycles. The summed E-state index contributed by atoms with van der Waals surface area (Å²) in [6.07, 6.45) is 0.866. The van der Waals surface area contributed by atoms with Gasteiger partial charge in [-0.25, -0.2) is 4.79 Å². The molecular formula is C14H26N2O4. The zero-order valence-corrected chi connectivity index (χ0v) is 12.9. The first-order valence-corrected chi connectivity index (χ1v) is 7.16. The third kappa shape index (κ3) is 4.67. The van der Waals surface area contributed by atoms with E-state index in [4.69, 9.17) is 4.74 Å². The number of aliphatic hydroxyl groups excluding tert-OH is 1. The Labute approximate surface area is 120 Å². The molecule has 6 nitrogen and oxygen atoms in total. The number of rotatable bonds is 3. The van der Waals surface area contributed by atoms with Crippen LogP contribution >= 0.6 is 0 Å². The molecule has 0 aromatic rings. The van der Waals surface area contributed by atoms with E-state index in [2.05, 4.69) is 0 Å². The number of carbonyl (C=O) groups excluding carboxylic acids is 2. The molecule has 1 unspecified atom stereocenters. The van der Waals surface area contributed by atoms with Crippen LogP contribution in [0, 0.1) is 0 Å². The van der Waals surface area contributed by atoms with Crippen molar-refractivity contribution in [1.29, 1.82) is 0 Å². The van der Waals surface area contributed by atoms with E-state index in [1.54, 1.807) is 9.80 Å². The molecule has 1 rings (SSSR count). The van der Waals surface area contributed by atoms with Gasteiger partial charge in [-0.2, -0.15) is 0 Å². The first-order chi connectivity index (χ1) is 9.28. The maximum absolute atomic E-state index is 12.0. The standard InChI is InChI=1S/C14H26N2O4/c1-5-6-12(18)16-8-7-15(9-11(16)10-17)13(19)20-14(2,3)4/h11,17H,5-10H2,1-4H3. The van der Waals surface area contributed by atoms with Gasteiger partial charge in [0.1, 0.15) is 5.60 Å². The van der Waals surface area contributed by atoms with Crippen LogP contribution < -0.4 is 0 Å². The first kappa shape index (κ1) is 16.8. The highest BCUT2D eigenvalue weighted by atomic mass is 16.6. The number of nitrogens with zero attached hydrogens (tertiary/aromatic N) is 2. The van der Waals surface area contributed by atoms with E-state index in [1.807, 2.05) is 27.7 Å². The fraction of sp³-hybridized carbons (Fsp3) is 0.857. The molecule has 2 amide bonds. The minimum atomic E-state index is -0.541. The zero-order valence-electron chi connectivity index (χ0n) is 12.9. The van der Waals surface area contributed by atoms with Crippen molar-refractivity contribution in [3.8, 4) is 0 Å². The summed E-state index contributed by atoms with van der Waals surface area (Å²) in [6, 6.07) is -0.338.